The molecule has 27 heavy (non-hydrogen) atoms. The molecule has 138 valence electrons. The third-order valence-electron chi connectivity index (χ3n) is 4.32. The van der Waals surface area contributed by atoms with Gasteiger partial charge in [0.2, 0.25) is 0 Å². The molecule has 5 heteroatoms. The molecule has 0 fully saturated rings. The maximum atomic E-state index is 13.2. The first-order valence-electron chi connectivity index (χ1n) is 8.69. The van der Waals surface area contributed by atoms with Gasteiger partial charge in [-0.25, -0.2) is 4.79 Å². The zero-order chi connectivity index (χ0) is 19.6. The summed E-state index contributed by atoms with van der Waals surface area (Å²) in [5.74, 6) is -0.721. The number of ether oxygens (including phenoxy) is 1. The van der Waals surface area contributed by atoms with Gasteiger partial charge in [0.05, 0.1) is 17.8 Å². The summed E-state index contributed by atoms with van der Waals surface area (Å²) in [7, 11) is 0. The van der Waals surface area contributed by atoms with Gasteiger partial charge in [-0.15, -0.1) is 0 Å². The van der Waals surface area contributed by atoms with Crippen LogP contribution in [-0.2, 0) is 14.3 Å². The van der Waals surface area contributed by atoms with Crippen molar-refractivity contribution >= 4 is 39.6 Å². The zero-order valence-electron chi connectivity index (χ0n) is 15.5. The molecule has 0 atom stereocenters. The number of benzene rings is 2. The molecule has 0 radical (unpaired) electrons. The normalized spacial score (nSPS) is 15.6. The van der Waals surface area contributed by atoms with Gasteiger partial charge < -0.3 is 4.74 Å². The maximum absolute atomic E-state index is 13.2. The van der Waals surface area contributed by atoms with Crippen LogP contribution in [0.3, 0.4) is 0 Å². The molecule has 2 aromatic rings. The smallest absolute Gasteiger partial charge is 0.340 e. The van der Waals surface area contributed by atoms with Crippen LogP contribution in [-0.4, -0.2) is 18.5 Å². The topological polar surface area (TPSA) is 46.6 Å². The van der Waals surface area contributed by atoms with Gasteiger partial charge in [0.25, 0.3) is 5.91 Å². The van der Waals surface area contributed by atoms with Crippen molar-refractivity contribution in [1.29, 1.82) is 0 Å². The highest BCUT2D eigenvalue weighted by molar-refractivity contribution is 9.10. The first-order chi connectivity index (χ1) is 12.9. The standard InChI is InChI=1S/C22H20BrNO3/c1-4-27-22(26)20-15(3)24(18-10-8-17(23)9-11-18)21(25)19(20)13-16-7-5-6-14(2)12-16/h5-13H,4H2,1-3H3/b19-13-. The van der Waals surface area contributed by atoms with Crippen molar-refractivity contribution < 1.29 is 14.3 Å². The fourth-order valence-electron chi connectivity index (χ4n) is 3.11. The number of carbonyl (C=O) groups is 2. The van der Waals surface area contributed by atoms with Crippen molar-refractivity contribution in [3.8, 4) is 0 Å². The lowest BCUT2D eigenvalue weighted by Crippen LogP contribution is -2.24. The van der Waals surface area contributed by atoms with E-state index in [0.717, 1.165) is 15.6 Å². The number of rotatable bonds is 4. The van der Waals surface area contributed by atoms with Crippen molar-refractivity contribution in [1.82, 2.24) is 0 Å². The van der Waals surface area contributed by atoms with Crippen LogP contribution in [0.25, 0.3) is 6.08 Å². The quantitative estimate of drug-likeness (QED) is 0.509. The summed E-state index contributed by atoms with van der Waals surface area (Å²) in [6, 6.07) is 15.2. The summed E-state index contributed by atoms with van der Waals surface area (Å²) in [5, 5.41) is 0. The van der Waals surface area contributed by atoms with Crippen LogP contribution in [0.5, 0.6) is 0 Å². The van der Waals surface area contributed by atoms with Crippen molar-refractivity contribution in [2.75, 3.05) is 11.5 Å². The SMILES string of the molecule is CCOC(=O)C1=C(C)N(c2ccc(Br)cc2)C(=O)/C1=C\c1cccc(C)c1. The minimum absolute atomic E-state index is 0.237. The summed E-state index contributed by atoms with van der Waals surface area (Å²) in [6.45, 7) is 5.75. The second-order valence-electron chi connectivity index (χ2n) is 6.27. The fourth-order valence-corrected chi connectivity index (χ4v) is 3.37. The van der Waals surface area contributed by atoms with E-state index in [9.17, 15) is 9.59 Å². The number of hydrogen-bond donors (Lipinski definition) is 0. The number of hydrogen-bond acceptors (Lipinski definition) is 3. The van der Waals surface area contributed by atoms with Crippen LogP contribution < -0.4 is 4.90 Å². The van der Waals surface area contributed by atoms with Crippen molar-refractivity contribution in [2.24, 2.45) is 0 Å². The van der Waals surface area contributed by atoms with Crippen LogP contribution in [0, 0.1) is 6.92 Å². The molecule has 0 bridgehead atoms. The number of nitrogens with zero attached hydrogens (tertiary/aromatic N) is 1. The highest BCUT2D eigenvalue weighted by Crippen LogP contribution is 2.35. The number of anilines is 1. The predicted octanol–water partition coefficient (Wildman–Crippen LogP) is 5.02. The Morgan fingerprint density at radius 3 is 2.48 bits per heavy atom. The second-order valence-corrected chi connectivity index (χ2v) is 7.19. The van der Waals surface area contributed by atoms with Crippen LogP contribution >= 0.6 is 15.9 Å². The average Bonchev–Trinajstić information content (AvgIpc) is 2.86. The van der Waals surface area contributed by atoms with Gasteiger partial charge in [0, 0.05) is 15.9 Å². The number of allylic oxidation sites excluding steroid dienone is 1. The summed E-state index contributed by atoms with van der Waals surface area (Å²) in [4.78, 5) is 27.4. The Hall–Kier alpha value is -2.66. The molecule has 0 aromatic heterocycles. The average molecular weight is 426 g/mol. The first kappa shape index (κ1) is 19.1. The zero-order valence-corrected chi connectivity index (χ0v) is 17.0. The van der Waals surface area contributed by atoms with Gasteiger partial charge in [0.15, 0.2) is 0 Å². The van der Waals surface area contributed by atoms with Gasteiger partial charge in [-0.1, -0.05) is 45.8 Å². The highest BCUT2D eigenvalue weighted by atomic mass is 79.9. The minimum Gasteiger partial charge on any atom is -0.462 e. The van der Waals surface area contributed by atoms with Gasteiger partial charge in [-0.3, -0.25) is 9.69 Å². The van der Waals surface area contributed by atoms with Gasteiger partial charge in [-0.2, -0.15) is 0 Å². The molecule has 0 saturated heterocycles. The summed E-state index contributed by atoms with van der Waals surface area (Å²) >= 11 is 3.40. The lowest BCUT2D eigenvalue weighted by Gasteiger charge is -2.18. The third kappa shape index (κ3) is 3.88. The summed E-state index contributed by atoms with van der Waals surface area (Å²) in [5.41, 5.74) is 3.88. The molecule has 2 aromatic carbocycles. The van der Waals surface area contributed by atoms with E-state index < -0.39 is 5.97 Å². The Morgan fingerprint density at radius 2 is 1.85 bits per heavy atom. The molecule has 0 aliphatic carbocycles. The van der Waals surface area contributed by atoms with Gasteiger partial charge in [0.1, 0.15) is 0 Å². The Kier molecular flexibility index (Phi) is 5.61. The molecule has 1 aliphatic rings. The second kappa shape index (κ2) is 7.92. The molecule has 3 rings (SSSR count). The lowest BCUT2D eigenvalue weighted by atomic mass is 10.0. The van der Waals surface area contributed by atoms with Crippen molar-refractivity contribution in [3.05, 3.63) is 81.0 Å². The fraction of sp³-hybridized carbons (Fsp3) is 0.182. The van der Waals surface area contributed by atoms with E-state index in [1.807, 2.05) is 55.5 Å². The van der Waals surface area contributed by atoms with E-state index in [2.05, 4.69) is 15.9 Å². The number of amides is 1. The minimum atomic E-state index is -0.484. The van der Waals surface area contributed by atoms with Gasteiger partial charge in [-0.05, 0) is 56.7 Å². The van der Waals surface area contributed by atoms with Crippen LogP contribution in [0.15, 0.2) is 69.8 Å². The Balaban J connectivity index is 2.12. The van der Waals surface area contributed by atoms with Crippen molar-refractivity contribution in [2.45, 2.75) is 20.8 Å². The van der Waals surface area contributed by atoms with Crippen LogP contribution in [0.4, 0.5) is 5.69 Å². The van der Waals surface area contributed by atoms with E-state index in [0.29, 0.717) is 22.5 Å². The van der Waals surface area contributed by atoms with E-state index >= 15 is 0 Å². The number of halogens is 1. The maximum Gasteiger partial charge on any atom is 0.340 e. The van der Waals surface area contributed by atoms with Crippen molar-refractivity contribution in [3.63, 3.8) is 0 Å². The molecular weight excluding hydrogens is 406 g/mol. The number of aryl methyl sites for hydroxylation is 1. The molecule has 0 unspecified atom stereocenters. The Bertz CT molecular complexity index is 958. The monoisotopic (exact) mass is 425 g/mol. The van der Waals surface area contributed by atoms with Crippen LogP contribution in [0.2, 0.25) is 0 Å². The predicted molar refractivity (Wildman–Crippen MR) is 110 cm³/mol. The Morgan fingerprint density at radius 1 is 1.15 bits per heavy atom. The third-order valence-corrected chi connectivity index (χ3v) is 4.85. The van der Waals surface area contributed by atoms with E-state index in [1.165, 1.54) is 0 Å². The first-order valence-corrected chi connectivity index (χ1v) is 9.48. The lowest BCUT2D eigenvalue weighted by molar-refractivity contribution is -0.138. The molecule has 4 nitrogen and oxygen atoms in total. The summed E-state index contributed by atoms with van der Waals surface area (Å²) in [6.07, 6.45) is 1.75. The van der Waals surface area contributed by atoms with E-state index in [-0.39, 0.29) is 12.5 Å². The van der Waals surface area contributed by atoms with Gasteiger partial charge >= 0.3 is 5.97 Å². The molecule has 0 N–H and O–H groups in total. The highest BCUT2D eigenvalue weighted by Gasteiger charge is 2.38. The molecular formula is C22H20BrNO3. The van der Waals surface area contributed by atoms with E-state index in [4.69, 9.17) is 4.74 Å². The Labute approximate surface area is 167 Å². The number of esters is 1. The molecule has 1 amide bonds. The molecule has 0 saturated carbocycles. The summed E-state index contributed by atoms with van der Waals surface area (Å²) < 4.78 is 6.13. The molecule has 1 heterocycles. The molecule has 1 aliphatic heterocycles. The number of carbonyl (C=O) groups excluding carboxylic acids is 2. The largest absolute Gasteiger partial charge is 0.462 e. The van der Waals surface area contributed by atoms with E-state index in [1.54, 1.807) is 24.8 Å². The molecule has 0 spiro atoms. The van der Waals surface area contributed by atoms with Crippen LogP contribution in [0.1, 0.15) is 25.0 Å².